The zero-order chi connectivity index (χ0) is 9.97. The fraction of sp³-hybridized carbons (Fsp3) is 0. The normalized spacial score (nSPS) is 10.0. The van der Waals surface area contributed by atoms with Gasteiger partial charge in [0.05, 0.1) is 17.9 Å². The molecule has 0 aromatic carbocycles. The summed E-state index contributed by atoms with van der Waals surface area (Å²) in [7, 11) is 0. The molecule has 0 saturated heterocycles. The highest BCUT2D eigenvalue weighted by Crippen LogP contribution is 2.08. The average Bonchev–Trinajstić information content (AvgIpc) is 2.68. The summed E-state index contributed by atoms with van der Waals surface area (Å²) in [6.45, 7) is 0. The van der Waals surface area contributed by atoms with E-state index in [9.17, 15) is 9.90 Å². The molecule has 0 bridgehead atoms. The third kappa shape index (κ3) is 1.50. The zero-order valence-electron chi connectivity index (χ0n) is 7.25. The van der Waals surface area contributed by atoms with Crippen molar-refractivity contribution in [1.82, 2.24) is 9.55 Å². The van der Waals surface area contributed by atoms with Gasteiger partial charge in [-0.2, -0.15) is 0 Å². The van der Waals surface area contributed by atoms with Crippen molar-refractivity contribution >= 4 is 5.97 Å². The fourth-order valence-electron chi connectivity index (χ4n) is 1.18. The van der Waals surface area contributed by atoms with Gasteiger partial charge in [-0.05, 0) is 18.2 Å². The highest BCUT2D eigenvalue weighted by atomic mass is 16.4. The molecular weight excluding hydrogens is 180 g/mol. The van der Waals surface area contributed by atoms with Gasteiger partial charge in [0.1, 0.15) is 0 Å². The smallest absolute Gasteiger partial charge is 0.0730 e. The minimum absolute atomic E-state index is 0.161. The molecule has 0 radical (unpaired) electrons. The van der Waals surface area contributed by atoms with Crippen LogP contribution < -0.4 is 5.11 Å². The van der Waals surface area contributed by atoms with Crippen molar-refractivity contribution in [2.75, 3.05) is 0 Å². The molecule has 4 nitrogen and oxygen atoms in total. The summed E-state index contributed by atoms with van der Waals surface area (Å²) in [6.07, 6.45) is 6.46. The summed E-state index contributed by atoms with van der Waals surface area (Å²) in [6, 6.07) is 5.11. The van der Waals surface area contributed by atoms with E-state index < -0.39 is 5.97 Å². The molecule has 0 saturated carbocycles. The Labute approximate surface area is 80.4 Å². The van der Waals surface area contributed by atoms with Crippen molar-refractivity contribution in [2.45, 2.75) is 0 Å². The molecule has 2 aromatic heterocycles. The number of carbonyl (C=O) groups excluding carboxylic acids is 1. The molecule has 0 fully saturated rings. The minimum Gasteiger partial charge on any atom is -0.545 e. The van der Waals surface area contributed by atoms with Crippen molar-refractivity contribution < 1.29 is 9.90 Å². The average molecular weight is 187 g/mol. The van der Waals surface area contributed by atoms with Crippen LogP contribution in [0.1, 0.15) is 10.4 Å². The first-order valence-corrected chi connectivity index (χ1v) is 4.07. The van der Waals surface area contributed by atoms with Gasteiger partial charge in [-0.1, -0.05) is 0 Å². The number of carbonyl (C=O) groups is 1. The Bertz CT molecular complexity index is 448. The summed E-state index contributed by atoms with van der Waals surface area (Å²) >= 11 is 0. The van der Waals surface area contributed by atoms with Gasteiger partial charge >= 0.3 is 0 Å². The van der Waals surface area contributed by atoms with Gasteiger partial charge in [-0.3, -0.25) is 4.98 Å². The highest BCUT2D eigenvalue weighted by molar-refractivity contribution is 5.85. The van der Waals surface area contributed by atoms with Gasteiger partial charge in [0.2, 0.25) is 0 Å². The molecule has 4 heteroatoms. The lowest BCUT2D eigenvalue weighted by Gasteiger charge is -2.00. The maximum Gasteiger partial charge on any atom is 0.0730 e. The number of rotatable bonds is 2. The number of hydrogen-bond donors (Lipinski definition) is 0. The Morgan fingerprint density at radius 1 is 1.43 bits per heavy atom. The van der Waals surface area contributed by atoms with Crippen LogP contribution in [-0.2, 0) is 0 Å². The lowest BCUT2D eigenvalue weighted by molar-refractivity contribution is -0.255. The van der Waals surface area contributed by atoms with E-state index in [0.717, 1.165) is 5.69 Å². The van der Waals surface area contributed by atoms with Gasteiger partial charge < -0.3 is 14.5 Å². The number of hydrogen-bond acceptors (Lipinski definition) is 3. The molecular formula is C10H7N2O2-. The third-order valence-corrected chi connectivity index (χ3v) is 1.87. The Morgan fingerprint density at radius 2 is 2.29 bits per heavy atom. The number of aromatic carboxylic acids is 1. The van der Waals surface area contributed by atoms with Gasteiger partial charge in [0.25, 0.3) is 0 Å². The molecule has 70 valence electrons. The van der Waals surface area contributed by atoms with Crippen molar-refractivity contribution in [2.24, 2.45) is 0 Å². The van der Waals surface area contributed by atoms with Crippen LogP contribution in [0.25, 0.3) is 5.69 Å². The second kappa shape index (κ2) is 3.33. The summed E-state index contributed by atoms with van der Waals surface area (Å²) in [5, 5.41) is 10.5. The van der Waals surface area contributed by atoms with Crippen LogP contribution >= 0.6 is 0 Å². The second-order valence-electron chi connectivity index (χ2n) is 2.81. The van der Waals surface area contributed by atoms with E-state index in [4.69, 9.17) is 0 Å². The lowest BCUT2D eigenvalue weighted by Crippen LogP contribution is -2.21. The van der Waals surface area contributed by atoms with E-state index in [1.807, 2.05) is 6.07 Å². The number of aromatic nitrogens is 2. The van der Waals surface area contributed by atoms with Crippen molar-refractivity contribution in [1.29, 1.82) is 0 Å². The van der Waals surface area contributed by atoms with Crippen LogP contribution in [0.3, 0.4) is 0 Å². The highest BCUT2D eigenvalue weighted by Gasteiger charge is 1.98. The molecule has 2 heterocycles. The van der Waals surface area contributed by atoms with Gasteiger partial charge in [0, 0.05) is 24.2 Å². The minimum atomic E-state index is -1.17. The fourth-order valence-corrected chi connectivity index (χ4v) is 1.18. The first-order valence-electron chi connectivity index (χ1n) is 4.07. The summed E-state index contributed by atoms with van der Waals surface area (Å²) < 4.78 is 1.68. The molecule has 0 aliphatic heterocycles. The second-order valence-corrected chi connectivity index (χ2v) is 2.81. The summed E-state index contributed by atoms with van der Waals surface area (Å²) in [5.74, 6) is -1.17. The summed E-state index contributed by atoms with van der Waals surface area (Å²) in [5.41, 5.74) is 0.980. The molecule has 14 heavy (non-hydrogen) atoms. The molecule has 0 atom stereocenters. The topological polar surface area (TPSA) is 57.9 Å². The number of carboxylic acids is 1. The van der Waals surface area contributed by atoms with Crippen molar-refractivity contribution in [3.8, 4) is 5.69 Å². The predicted octanol–water partition coefficient (Wildman–Crippen LogP) is 0.236. The Kier molecular flexibility index (Phi) is 2.02. The van der Waals surface area contributed by atoms with Crippen LogP contribution in [-0.4, -0.2) is 15.5 Å². The monoisotopic (exact) mass is 187 g/mol. The van der Waals surface area contributed by atoms with Gasteiger partial charge in [-0.15, -0.1) is 0 Å². The number of carboxylic acid groups (broad SMARTS) is 1. The lowest BCUT2D eigenvalue weighted by atomic mass is 10.3. The molecule has 0 amide bonds. The van der Waals surface area contributed by atoms with Crippen LogP contribution in [0.15, 0.2) is 43.0 Å². The van der Waals surface area contributed by atoms with Gasteiger partial charge in [-0.25, -0.2) is 0 Å². The molecule has 0 unspecified atom stereocenters. The van der Waals surface area contributed by atoms with Crippen molar-refractivity contribution in [3.05, 3.63) is 48.5 Å². The van der Waals surface area contributed by atoms with E-state index in [2.05, 4.69) is 4.98 Å². The maximum atomic E-state index is 10.5. The van der Waals surface area contributed by atoms with E-state index in [-0.39, 0.29) is 5.56 Å². The Morgan fingerprint density at radius 3 is 2.86 bits per heavy atom. The van der Waals surface area contributed by atoms with E-state index in [0.29, 0.717) is 0 Å². The summed E-state index contributed by atoms with van der Waals surface area (Å²) in [4.78, 5) is 14.4. The van der Waals surface area contributed by atoms with Crippen LogP contribution in [0, 0.1) is 0 Å². The van der Waals surface area contributed by atoms with E-state index in [1.54, 1.807) is 29.2 Å². The van der Waals surface area contributed by atoms with Crippen molar-refractivity contribution in [3.63, 3.8) is 0 Å². The molecule has 2 aromatic rings. The maximum absolute atomic E-state index is 10.5. The molecule has 2 rings (SSSR count). The third-order valence-electron chi connectivity index (χ3n) is 1.87. The number of nitrogens with zero attached hydrogens (tertiary/aromatic N) is 2. The zero-order valence-corrected chi connectivity index (χ0v) is 7.25. The Hall–Kier alpha value is -2.10. The Balaban J connectivity index is 2.39. The van der Waals surface area contributed by atoms with Crippen LogP contribution in [0.5, 0.6) is 0 Å². The first-order chi connectivity index (χ1) is 6.77. The van der Waals surface area contributed by atoms with Crippen LogP contribution in [0.4, 0.5) is 0 Å². The standard InChI is InChI=1S/C10H8N2O2/c13-10(14)8-3-5-12(7-8)9-2-1-4-11-6-9/h1-7H,(H,13,14)/p-1. The largest absolute Gasteiger partial charge is 0.545 e. The van der Waals surface area contributed by atoms with E-state index >= 15 is 0 Å². The first kappa shape index (κ1) is 8.50. The molecule has 0 N–H and O–H groups in total. The molecule has 0 aliphatic rings. The molecule has 0 spiro atoms. The molecule has 0 aliphatic carbocycles. The SMILES string of the molecule is O=C([O-])c1ccn(-c2cccnc2)c1. The number of pyridine rings is 1. The predicted molar refractivity (Wildman–Crippen MR) is 47.9 cm³/mol. The quantitative estimate of drug-likeness (QED) is 0.676. The van der Waals surface area contributed by atoms with Crippen LogP contribution in [0.2, 0.25) is 0 Å². The van der Waals surface area contributed by atoms with E-state index in [1.165, 1.54) is 12.3 Å². The van der Waals surface area contributed by atoms with Gasteiger partial charge in [0.15, 0.2) is 0 Å².